The average molecular weight is 389 g/mol. The Kier molecular flexibility index (Phi) is 4.92. The van der Waals surface area contributed by atoms with Gasteiger partial charge in [-0.15, -0.1) is 0 Å². The fraction of sp³-hybridized carbons (Fsp3) is 0.261. The highest BCUT2D eigenvalue weighted by molar-refractivity contribution is 6.08. The van der Waals surface area contributed by atoms with E-state index in [2.05, 4.69) is 23.0 Å². The highest BCUT2D eigenvalue weighted by atomic mass is 16.3. The number of hydrogen-bond acceptors (Lipinski definition) is 5. The molecule has 1 aromatic heterocycles. The van der Waals surface area contributed by atoms with Crippen molar-refractivity contribution in [1.29, 1.82) is 0 Å². The van der Waals surface area contributed by atoms with Gasteiger partial charge in [0.15, 0.2) is 0 Å². The average Bonchev–Trinajstić information content (AvgIpc) is 2.72. The lowest BCUT2D eigenvalue weighted by atomic mass is 9.95. The summed E-state index contributed by atoms with van der Waals surface area (Å²) in [5.74, 6) is 0.162. The van der Waals surface area contributed by atoms with Gasteiger partial charge in [-0.2, -0.15) is 0 Å². The number of carbonyl (C=O) groups excluding carboxylic acids is 1. The molecule has 0 bridgehead atoms. The van der Waals surface area contributed by atoms with Gasteiger partial charge in [0.05, 0.1) is 11.3 Å². The first kappa shape index (κ1) is 18.9. The van der Waals surface area contributed by atoms with Crippen molar-refractivity contribution in [3.8, 4) is 22.8 Å². The maximum absolute atomic E-state index is 13.1. The van der Waals surface area contributed by atoms with Gasteiger partial charge in [0.1, 0.15) is 17.3 Å². The lowest BCUT2D eigenvalue weighted by Crippen LogP contribution is -2.35. The van der Waals surface area contributed by atoms with Crippen LogP contribution in [0.25, 0.3) is 11.3 Å². The van der Waals surface area contributed by atoms with Gasteiger partial charge in [-0.3, -0.25) is 4.79 Å². The van der Waals surface area contributed by atoms with Crippen molar-refractivity contribution in [2.75, 3.05) is 11.4 Å². The number of benzene rings is 2. The first-order valence-electron chi connectivity index (χ1n) is 9.77. The summed E-state index contributed by atoms with van der Waals surface area (Å²) in [6.45, 7) is 4.55. The molecular formula is C23H23N3O3. The molecule has 0 saturated heterocycles. The van der Waals surface area contributed by atoms with Gasteiger partial charge in [-0.25, -0.2) is 9.97 Å². The molecule has 3 aromatic rings. The number of hydrogen-bond donors (Lipinski definition) is 2. The number of phenols is 2. The smallest absolute Gasteiger partial charge is 0.262 e. The Labute approximate surface area is 169 Å². The second-order valence-electron chi connectivity index (χ2n) is 7.25. The molecule has 1 amide bonds. The molecule has 29 heavy (non-hydrogen) atoms. The minimum absolute atomic E-state index is 0.0744. The van der Waals surface area contributed by atoms with Crippen molar-refractivity contribution in [2.45, 2.75) is 33.1 Å². The molecule has 0 unspecified atom stereocenters. The second kappa shape index (κ2) is 7.54. The molecule has 0 aliphatic carbocycles. The summed E-state index contributed by atoms with van der Waals surface area (Å²) < 4.78 is 0. The van der Waals surface area contributed by atoms with Gasteiger partial charge in [-0.05, 0) is 61.6 Å². The Morgan fingerprint density at radius 3 is 2.76 bits per heavy atom. The van der Waals surface area contributed by atoms with Crippen LogP contribution < -0.4 is 4.90 Å². The number of phenolic OH excluding ortho intramolecular Hbond substituents is 2. The zero-order chi connectivity index (χ0) is 20.5. The summed E-state index contributed by atoms with van der Waals surface area (Å²) in [5.41, 5.74) is 5.16. The number of aryl methyl sites for hydroxylation is 3. The Bertz CT molecular complexity index is 1090. The molecule has 1 aliphatic heterocycles. The Balaban J connectivity index is 1.73. The van der Waals surface area contributed by atoms with Gasteiger partial charge >= 0.3 is 0 Å². The van der Waals surface area contributed by atoms with E-state index < -0.39 is 0 Å². The van der Waals surface area contributed by atoms with Gasteiger partial charge in [0, 0.05) is 30.1 Å². The third-order valence-electron chi connectivity index (χ3n) is 5.29. The molecule has 6 nitrogen and oxygen atoms in total. The van der Waals surface area contributed by atoms with Crippen LogP contribution in [0.3, 0.4) is 0 Å². The molecule has 0 saturated carbocycles. The van der Waals surface area contributed by atoms with Crippen LogP contribution in [-0.4, -0.2) is 32.6 Å². The normalized spacial score (nSPS) is 13.2. The summed E-state index contributed by atoms with van der Waals surface area (Å²) in [6, 6.07) is 10.1. The van der Waals surface area contributed by atoms with Crippen LogP contribution in [0, 0.1) is 6.92 Å². The molecule has 2 N–H and O–H groups in total. The van der Waals surface area contributed by atoms with E-state index in [4.69, 9.17) is 0 Å². The predicted molar refractivity (Wildman–Crippen MR) is 111 cm³/mol. The van der Waals surface area contributed by atoms with Crippen molar-refractivity contribution in [1.82, 2.24) is 9.97 Å². The number of anilines is 1. The molecule has 0 radical (unpaired) electrons. The summed E-state index contributed by atoms with van der Waals surface area (Å²) in [6.07, 6.45) is 4.43. The molecular weight excluding hydrogens is 366 g/mol. The summed E-state index contributed by atoms with van der Waals surface area (Å²) in [5, 5.41) is 19.6. The molecule has 0 atom stereocenters. The number of carbonyl (C=O) groups is 1. The maximum Gasteiger partial charge on any atom is 0.262 e. The molecule has 0 fully saturated rings. The number of fused-ring (bicyclic) bond motifs is 1. The number of nitrogens with zero attached hydrogens (tertiary/aromatic N) is 3. The van der Waals surface area contributed by atoms with Crippen molar-refractivity contribution >= 4 is 11.6 Å². The van der Waals surface area contributed by atoms with Crippen LogP contribution in [-0.2, 0) is 12.8 Å². The SMILES string of the molecule is CCc1cnc(C)nc1-c1ccc2c(c1)CCCN2C(=O)c1ccc(O)cc1O. The molecule has 6 heteroatoms. The quantitative estimate of drug-likeness (QED) is 0.707. The van der Waals surface area contributed by atoms with Crippen LogP contribution in [0.5, 0.6) is 11.5 Å². The number of rotatable bonds is 3. The van der Waals surface area contributed by atoms with E-state index in [0.29, 0.717) is 6.54 Å². The Hall–Kier alpha value is -3.41. The van der Waals surface area contributed by atoms with Crippen molar-refractivity contribution < 1.29 is 15.0 Å². The van der Waals surface area contributed by atoms with Crippen LogP contribution in [0.15, 0.2) is 42.6 Å². The van der Waals surface area contributed by atoms with E-state index in [1.807, 2.05) is 25.3 Å². The van der Waals surface area contributed by atoms with Crippen LogP contribution >= 0.6 is 0 Å². The second-order valence-corrected chi connectivity index (χ2v) is 7.25. The number of amides is 1. The maximum atomic E-state index is 13.1. The zero-order valence-corrected chi connectivity index (χ0v) is 16.5. The van der Waals surface area contributed by atoms with E-state index in [9.17, 15) is 15.0 Å². The lowest BCUT2D eigenvalue weighted by Gasteiger charge is -2.30. The molecule has 2 heterocycles. The van der Waals surface area contributed by atoms with Gasteiger partial charge < -0.3 is 15.1 Å². The summed E-state index contributed by atoms with van der Waals surface area (Å²) >= 11 is 0. The van der Waals surface area contributed by atoms with E-state index >= 15 is 0 Å². The number of aromatic hydroxyl groups is 2. The van der Waals surface area contributed by atoms with Gasteiger partial charge in [-0.1, -0.05) is 13.0 Å². The van der Waals surface area contributed by atoms with Crippen molar-refractivity contribution in [2.24, 2.45) is 0 Å². The fourth-order valence-electron chi connectivity index (χ4n) is 3.81. The van der Waals surface area contributed by atoms with E-state index in [-0.39, 0.29) is 23.0 Å². The highest BCUT2D eigenvalue weighted by Crippen LogP contribution is 2.34. The largest absolute Gasteiger partial charge is 0.508 e. The molecule has 148 valence electrons. The standard InChI is InChI=1S/C23H23N3O3/c1-3-15-13-24-14(2)25-22(15)17-6-9-20-16(11-17)5-4-10-26(20)23(29)19-8-7-18(27)12-21(19)28/h6-9,11-13,27-28H,3-5,10H2,1-2H3. The predicted octanol–water partition coefficient (Wildman–Crippen LogP) is 4.02. The monoisotopic (exact) mass is 389 g/mol. The van der Waals surface area contributed by atoms with Crippen LogP contribution in [0.4, 0.5) is 5.69 Å². The minimum Gasteiger partial charge on any atom is -0.508 e. The van der Waals surface area contributed by atoms with Gasteiger partial charge in [0.25, 0.3) is 5.91 Å². The van der Waals surface area contributed by atoms with Gasteiger partial charge in [0.2, 0.25) is 0 Å². The molecule has 1 aliphatic rings. The van der Waals surface area contributed by atoms with Crippen molar-refractivity contribution in [3.63, 3.8) is 0 Å². The first-order valence-corrected chi connectivity index (χ1v) is 9.77. The lowest BCUT2D eigenvalue weighted by molar-refractivity contribution is 0.0982. The zero-order valence-electron chi connectivity index (χ0n) is 16.5. The van der Waals surface area contributed by atoms with Crippen LogP contribution in [0.2, 0.25) is 0 Å². The molecule has 2 aromatic carbocycles. The van der Waals surface area contributed by atoms with Crippen molar-refractivity contribution in [3.05, 3.63) is 65.1 Å². The Morgan fingerprint density at radius 1 is 1.17 bits per heavy atom. The van der Waals surface area contributed by atoms with E-state index in [1.54, 1.807) is 4.90 Å². The van der Waals surface area contributed by atoms with Crippen LogP contribution in [0.1, 0.15) is 40.7 Å². The fourth-order valence-corrected chi connectivity index (χ4v) is 3.81. The number of aromatic nitrogens is 2. The molecule has 4 rings (SSSR count). The summed E-state index contributed by atoms with van der Waals surface area (Å²) in [7, 11) is 0. The summed E-state index contributed by atoms with van der Waals surface area (Å²) in [4.78, 5) is 23.7. The molecule has 0 spiro atoms. The van der Waals surface area contributed by atoms with E-state index in [0.717, 1.165) is 53.2 Å². The minimum atomic E-state index is -0.275. The first-order chi connectivity index (χ1) is 14.0. The topological polar surface area (TPSA) is 86.6 Å². The third kappa shape index (κ3) is 3.53. The van der Waals surface area contributed by atoms with E-state index in [1.165, 1.54) is 18.2 Å². The third-order valence-corrected chi connectivity index (χ3v) is 5.29. The Morgan fingerprint density at radius 2 is 2.00 bits per heavy atom. The highest BCUT2D eigenvalue weighted by Gasteiger charge is 2.26.